The molecule has 0 atom stereocenters. The Morgan fingerprint density at radius 1 is 0.882 bits per heavy atom. The minimum absolute atomic E-state index is 0. The zero-order chi connectivity index (χ0) is 12.3. The Kier molecular flexibility index (Phi) is 7.35. The van der Waals surface area contributed by atoms with E-state index in [1.54, 1.807) is 14.2 Å². The average molecular weight is 310 g/mol. The summed E-state index contributed by atoms with van der Waals surface area (Å²) in [5.74, 6) is 1.72. The minimum atomic E-state index is 0. The van der Waals surface area contributed by atoms with Gasteiger partial charge in [0.25, 0.3) is 0 Å². The Labute approximate surface area is 130 Å². The van der Waals surface area contributed by atoms with Gasteiger partial charge in [-0.1, -0.05) is 5.56 Å². The smallest absolute Gasteiger partial charge is 0.164 e. The predicted molar refractivity (Wildman–Crippen MR) is 67.4 cm³/mol. The third-order valence-corrected chi connectivity index (χ3v) is 3.17. The fourth-order valence-corrected chi connectivity index (χ4v) is 2.16. The molecule has 1 radical (unpaired) electrons. The summed E-state index contributed by atoms with van der Waals surface area (Å²) < 4.78 is 10.9. The van der Waals surface area contributed by atoms with Crippen LogP contribution in [0.2, 0.25) is 0 Å². The van der Waals surface area contributed by atoms with Gasteiger partial charge in [0.15, 0.2) is 11.5 Å². The van der Waals surface area contributed by atoms with Crippen LogP contribution in [0.5, 0.6) is 11.5 Å². The van der Waals surface area contributed by atoms with Crippen molar-refractivity contribution in [3.63, 3.8) is 0 Å². The SMILES string of the molecule is C[CH-]Cc1c(C)c(C)c(OC)c(OC)c1C.[Y]. The zero-order valence-electron chi connectivity index (χ0n) is 11.7. The Morgan fingerprint density at radius 2 is 1.35 bits per heavy atom. The first-order valence-electron chi connectivity index (χ1n) is 5.56. The molecule has 3 heteroatoms. The summed E-state index contributed by atoms with van der Waals surface area (Å²) in [5, 5.41) is 0. The molecular formula is C14H21O2Y-. The molecule has 1 aromatic carbocycles. The molecule has 0 aliphatic rings. The number of rotatable bonds is 4. The summed E-state index contributed by atoms with van der Waals surface area (Å²) in [6.45, 7) is 8.38. The third-order valence-electron chi connectivity index (χ3n) is 3.17. The second-order valence-electron chi connectivity index (χ2n) is 4.03. The second kappa shape index (κ2) is 7.38. The van der Waals surface area contributed by atoms with Crippen LogP contribution in [0.3, 0.4) is 0 Å². The summed E-state index contributed by atoms with van der Waals surface area (Å²) in [4.78, 5) is 0. The molecule has 0 saturated carbocycles. The van der Waals surface area contributed by atoms with Crippen molar-refractivity contribution in [2.24, 2.45) is 0 Å². The molecule has 0 heterocycles. The summed E-state index contributed by atoms with van der Waals surface area (Å²) in [7, 11) is 3.38. The van der Waals surface area contributed by atoms with Gasteiger partial charge in [0.1, 0.15) is 0 Å². The van der Waals surface area contributed by atoms with Gasteiger partial charge in [0, 0.05) is 32.7 Å². The van der Waals surface area contributed by atoms with Gasteiger partial charge >= 0.3 is 0 Å². The number of ether oxygens (including phenoxy) is 2. The van der Waals surface area contributed by atoms with Crippen LogP contribution in [-0.2, 0) is 39.1 Å². The summed E-state index contributed by atoms with van der Waals surface area (Å²) in [6.07, 6.45) is 3.14. The average Bonchev–Trinajstić information content (AvgIpc) is 2.29. The number of hydrogen-bond acceptors (Lipinski definition) is 2. The van der Waals surface area contributed by atoms with Gasteiger partial charge in [-0.3, -0.25) is 0 Å². The normalized spacial score (nSPS) is 9.76. The molecule has 0 spiro atoms. The van der Waals surface area contributed by atoms with Crippen molar-refractivity contribution in [3.8, 4) is 11.5 Å². The fourth-order valence-electron chi connectivity index (χ4n) is 2.16. The molecule has 0 aromatic heterocycles. The van der Waals surface area contributed by atoms with Crippen molar-refractivity contribution in [1.82, 2.24) is 0 Å². The van der Waals surface area contributed by atoms with E-state index in [2.05, 4.69) is 34.1 Å². The topological polar surface area (TPSA) is 18.5 Å². The largest absolute Gasteiger partial charge is 0.493 e. The molecule has 1 rings (SSSR count). The van der Waals surface area contributed by atoms with E-state index in [1.165, 1.54) is 22.3 Å². The van der Waals surface area contributed by atoms with E-state index in [-0.39, 0.29) is 32.7 Å². The molecule has 93 valence electrons. The standard InChI is InChI=1S/C14H21O2.Y/c1-7-8-12-9(2)10(3)13(15-5)14(16-6)11(12)4;/h7H,8H2,1-6H3;/q-1;. The zero-order valence-corrected chi connectivity index (χ0v) is 14.5. The first kappa shape index (κ1) is 16.9. The van der Waals surface area contributed by atoms with Gasteiger partial charge in [0.05, 0.1) is 14.2 Å². The van der Waals surface area contributed by atoms with Crippen LogP contribution < -0.4 is 9.47 Å². The first-order chi connectivity index (χ1) is 7.58. The number of hydrogen-bond donors (Lipinski definition) is 0. The van der Waals surface area contributed by atoms with Gasteiger partial charge in [-0.2, -0.15) is 13.3 Å². The molecule has 0 fully saturated rings. The quantitative estimate of drug-likeness (QED) is 0.794. The Hall–Kier alpha value is -0.0761. The first-order valence-corrected chi connectivity index (χ1v) is 5.56. The van der Waals surface area contributed by atoms with Crippen LogP contribution in [0, 0.1) is 27.2 Å². The molecule has 17 heavy (non-hydrogen) atoms. The minimum Gasteiger partial charge on any atom is -0.493 e. The summed E-state index contributed by atoms with van der Waals surface area (Å²) in [6, 6.07) is 0. The molecule has 0 N–H and O–H groups in total. The van der Waals surface area contributed by atoms with Crippen LogP contribution in [-0.4, -0.2) is 14.2 Å². The number of methoxy groups -OCH3 is 2. The van der Waals surface area contributed by atoms with E-state index < -0.39 is 0 Å². The van der Waals surface area contributed by atoms with E-state index >= 15 is 0 Å². The van der Waals surface area contributed by atoms with Gasteiger partial charge in [-0.15, -0.1) is 0 Å². The van der Waals surface area contributed by atoms with Crippen molar-refractivity contribution < 1.29 is 42.2 Å². The van der Waals surface area contributed by atoms with E-state index in [1.807, 2.05) is 0 Å². The molecular weight excluding hydrogens is 289 g/mol. The molecule has 1 aromatic rings. The van der Waals surface area contributed by atoms with Gasteiger partial charge in [0.2, 0.25) is 0 Å². The number of benzene rings is 1. The van der Waals surface area contributed by atoms with Crippen LogP contribution in [0.4, 0.5) is 0 Å². The molecule has 0 aliphatic carbocycles. The van der Waals surface area contributed by atoms with Gasteiger partial charge < -0.3 is 15.9 Å². The summed E-state index contributed by atoms with van der Waals surface area (Å²) in [5.41, 5.74) is 4.99. The maximum absolute atomic E-state index is 5.45. The molecule has 0 unspecified atom stereocenters. The molecule has 0 bridgehead atoms. The van der Waals surface area contributed by atoms with Crippen LogP contribution in [0.15, 0.2) is 0 Å². The maximum atomic E-state index is 5.45. The van der Waals surface area contributed by atoms with Crippen molar-refractivity contribution >= 4 is 0 Å². The van der Waals surface area contributed by atoms with E-state index in [0.717, 1.165) is 17.9 Å². The Balaban J connectivity index is 0.00000256. The van der Waals surface area contributed by atoms with Crippen molar-refractivity contribution in [2.45, 2.75) is 34.1 Å². The second-order valence-corrected chi connectivity index (χ2v) is 4.03. The van der Waals surface area contributed by atoms with E-state index in [9.17, 15) is 0 Å². The maximum Gasteiger partial charge on any atom is 0.164 e. The van der Waals surface area contributed by atoms with Crippen LogP contribution >= 0.6 is 0 Å². The monoisotopic (exact) mass is 310 g/mol. The van der Waals surface area contributed by atoms with Gasteiger partial charge in [-0.25, -0.2) is 0 Å². The summed E-state index contributed by atoms with van der Waals surface area (Å²) >= 11 is 0. The third kappa shape index (κ3) is 3.23. The van der Waals surface area contributed by atoms with Crippen LogP contribution in [0.1, 0.15) is 29.2 Å². The molecule has 0 saturated heterocycles. The van der Waals surface area contributed by atoms with Gasteiger partial charge in [-0.05, 0) is 37.5 Å². The Bertz CT molecular complexity index is 387. The fraction of sp³-hybridized carbons (Fsp3) is 0.500. The molecule has 0 aliphatic heterocycles. The van der Waals surface area contributed by atoms with Crippen molar-refractivity contribution in [1.29, 1.82) is 0 Å². The molecule has 2 nitrogen and oxygen atoms in total. The Morgan fingerprint density at radius 3 is 1.76 bits per heavy atom. The van der Waals surface area contributed by atoms with Crippen LogP contribution in [0.25, 0.3) is 0 Å². The van der Waals surface area contributed by atoms with E-state index in [0.29, 0.717) is 0 Å². The van der Waals surface area contributed by atoms with E-state index in [4.69, 9.17) is 9.47 Å². The predicted octanol–water partition coefficient (Wildman–Crippen LogP) is 3.39. The van der Waals surface area contributed by atoms with Crippen molar-refractivity contribution in [3.05, 3.63) is 28.7 Å². The molecule has 0 amide bonds. The van der Waals surface area contributed by atoms with Crippen molar-refractivity contribution in [2.75, 3.05) is 14.2 Å².